The highest BCUT2D eigenvalue weighted by Gasteiger charge is 2.27. The summed E-state index contributed by atoms with van der Waals surface area (Å²) in [6, 6.07) is 0. The zero-order valence-electron chi connectivity index (χ0n) is 5.22. The molecule has 4 nitrogen and oxygen atoms in total. The van der Waals surface area contributed by atoms with Gasteiger partial charge in [0.15, 0.2) is 5.38 Å². The van der Waals surface area contributed by atoms with E-state index in [2.05, 4.69) is 10.3 Å². The molecule has 1 aliphatic heterocycles. The first-order valence-corrected chi connectivity index (χ1v) is 3.09. The molecular formula is C5H5ClN2O2. The molecule has 1 rings (SSSR count). The lowest BCUT2D eigenvalue weighted by molar-refractivity contribution is -0.127. The Balaban J connectivity index is 2.89. The molecule has 0 aromatic rings. The highest BCUT2D eigenvalue weighted by molar-refractivity contribution is 6.44. The molecule has 1 heterocycles. The highest BCUT2D eigenvalue weighted by Crippen LogP contribution is 2.03. The van der Waals surface area contributed by atoms with Gasteiger partial charge in [0.2, 0.25) is 0 Å². The zero-order chi connectivity index (χ0) is 7.72. The second-order valence-corrected chi connectivity index (χ2v) is 2.32. The average Bonchev–Trinajstić information content (AvgIpc) is 1.82. The summed E-state index contributed by atoms with van der Waals surface area (Å²) in [6.07, 6.45) is 0. The van der Waals surface area contributed by atoms with Gasteiger partial charge in [0.1, 0.15) is 5.84 Å². The van der Waals surface area contributed by atoms with Gasteiger partial charge in [-0.1, -0.05) is 0 Å². The Kier molecular flexibility index (Phi) is 1.72. The molecular weight excluding hydrogens is 156 g/mol. The summed E-state index contributed by atoms with van der Waals surface area (Å²) in [5.41, 5.74) is 0. The van der Waals surface area contributed by atoms with E-state index in [1.54, 1.807) is 0 Å². The van der Waals surface area contributed by atoms with Gasteiger partial charge in [0.05, 0.1) is 0 Å². The number of hydrogen-bond donors (Lipinski definition) is 1. The van der Waals surface area contributed by atoms with Gasteiger partial charge in [-0.15, -0.1) is 11.6 Å². The third-order valence-electron chi connectivity index (χ3n) is 1.03. The van der Waals surface area contributed by atoms with Gasteiger partial charge in [-0.05, 0) is 6.92 Å². The first-order chi connectivity index (χ1) is 4.61. The summed E-state index contributed by atoms with van der Waals surface area (Å²) < 4.78 is 0. The van der Waals surface area contributed by atoms with Crippen LogP contribution in [0.3, 0.4) is 0 Å². The molecule has 5 heteroatoms. The molecule has 0 saturated heterocycles. The van der Waals surface area contributed by atoms with E-state index < -0.39 is 17.2 Å². The van der Waals surface area contributed by atoms with Crippen molar-refractivity contribution >= 4 is 29.3 Å². The van der Waals surface area contributed by atoms with Crippen molar-refractivity contribution in [3.63, 3.8) is 0 Å². The Bertz CT molecular complexity index is 224. The molecule has 2 amide bonds. The van der Waals surface area contributed by atoms with E-state index in [0.717, 1.165) is 0 Å². The van der Waals surface area contributed by atoms with Crippen LogP contribution in [0.2, 0.25) is 0 Å². The smallest absolute Gasteiger partial charge is 0.275 e. The van der Waals surface area contributed by atoms with Crippen molar-refractivity contribution in [1.29, 1.82) is 0 Å². The molecule has 0 spiro atoms. The number of amides is 2. The monoisotopic (exact) mass is 160 g/mol. The van der Waals surface area contributed by atoms with E-state index in [4.69, 9.17) is 11.6 Å². The van der Waals surface area contributed by atoms with E-state index >= 15 is 0 Å². The van der Waals surface area contributed by atoms with Crippen molar-refractivity contribution in [3.05, 3.63) is 0 Å². The summed E-state index contributed by atoms with van der Waals surface area (Å²) in [7, 11) is 0. The van der Waals surface area contributed by atoms with Gasteiger partial charge in [-0.3, -0.25) is 9.59 Å². The maximum Gasteiger partial charge on any atom is 0.275 e. The largest absolute Gasteiger partial charge is 0.313 e. The number of nitrogens with zero attached hydrogens (tertiary/aromatic N) is 1. The number of carbonyl (C=O) groups is 2. The van der Waals surface area contributed by atoms with Crippen LogP contribution in [0.25, 0.3) is 0 Å². The predicted octanol–water partition coefficient (Wildman–Crippen LogP) is -0.331. The lowest BCUT2D eigenvalue weighted by Gasteiger charge is -2.11. The predicted molar refractivity (Wildman–Crippen MR) is 35.9 cm³/mol. The minimum absolute atomic E-state index is 0.298. The minimum atomic E-state index is -1.15. The van der Waals surface area contributed by atoms with Crippen LogP contribution in [0.1, 0.15) is 6.92 Å². The summed E-state index contributed by atoms with van der Waals surface area (Å²) in [4.78, 5) is 24.7. The summed E-state index contributed by atoms with van der Waals surface area (Å²) in [5.74, 6) is -0.797. The van der Waals surface area contributed by atoms with E-state index in [-0.39, 0.29) is 0 Å². The fourth-order valence-corrected chi connectivity index (χ4v) is 0.707. The molecule has 0 bridgehead atoms. The molecule has 0 radical (unpaired) electrons. The number of carbonyl (C=O) groups excluding carboxylic acids is 2. The lowest BCUT2D eigenvalue weighted by atomic mass is 10.3. The number of aliphatic imine (C=N–C) groups is 1. The molecule has 10 heavy (non-hydrogen) atoms. The van der Waals surface area contributed by atoms with E-state index in [1.165, 1.54) is 6.92 Å². The van der Waals surface area contributed by atoms with Crippen LogP contribution in [0.4, 0.5) is 0 Å². The first kappa shape index (κ1) is 7.21. The van der Waals surface area contributed by atoms with Crippen molar-refractivity contribution in [3.8, 4) is 0 Å². The topological polar surface area (TPSA) is 58.5 Å². The molecule has 0 saturated carbocycles. The van der Waals surface area contributed by atoms with Crippen LogP contribution in [0.15, 0.2) is 4.99 Å². The Labute approximate surface area is 62.3 Å². The summed E-state index contributed by atoms with van der Waals surface area (Å²) >= 11 is 5.31. The van der Waals surface area contributed by atoms with Crippen LogP contribution >= 0.6 is 11.6 Å². The van der Waals surface area contributed by atoms with Crippen molar-refractivity contribution < 1.29 is 9.59 Å². The fourth-order valence-electron chi connectivity index (χ4n) is 0.604. The third kappa shape index (κ3) is 1.16. The van der Waals surface area contributed by atoms with Gasteiger partial charge in [-0.2, -0.15) is 4.99 Å². The van der Waals surface area contributed by atoms with Crippen LogP contribution in [-0.4, -0.2) is 23.0 Å². The van der Waals surface area contributed by atoms with Crippen LogP contribution < -0.4 is 5.32 Å². The molecule has 0 aliphatic carbocycles. The van der Waals surface area contributed by atoms with E-state index in [1.807, 2.05) is 0 Å². The minimum Gasteiger partial charge on any atom is -0.313 e. The van der Waals surface area contributed by atoms with Gasteiger partial charge < -0.3 is 5.32 Å². The number of halogens is 1. The van der Waals surface area contributed by atoms with Crippen LogP contribution in [0.5, 0.6) is 0 Å². The summed E-state index contributed by atoms with van der Waals surface area (Å²) in [5, 5.41) is 1.17. The standard InChI is InChI=1S/C5H5ClN2O2/c1-2-7-4(9)3(6)5(10)8-2/h3H,1H3,(H,7,8,9,10). The molecule has 0 aromatic carbocycles. The van der Waals surface area contributed by atoms with Gasteiger partial charge in [-0.25, -0.2) is 0 Å². The molecule has 0 aromatic heterocycles. The van der Waals surface area contributed by atoms with Crippen LogP contribution in [-0.2, 0) is 9.59 Å². The molecule has 0 unspecified atom stereocenters. The van der Waals surface area contributed by atoms with E-state index in [9.17, 15) is 9.59 Å². The van der Waals surface area contributed by atoms with Crippen LogP contribution in [0, 0.1) is 0 Å². The molecule has 54 valence electrons. The molecule has 1 N–H and O–H groups in total. The maximum absolute atomic E-state index is 10.7. The number of nitrogens with one attached hydrogen (secondary N) is 1. The third-order valence-corrected chi connectivity index (χ3v) is 1.41. The first-order valence-electron chi connectivity index (χ1n) is 2.65. The van der Waals surface area contributed by atoms with Gasteiger partial charge in [0, 0.05) is 0 Å². The second-order valence-electron chi connectivity index (χ2n) is 1.89. The van der Waals surface area contributed by atoms with E-state index in [0.29, 0.717) is 5.84 Å². The number of alkyl halides is 1. The summed E-state index contributed by atoms with van der Waals surface area (Å²) in [6.45, 7) is 1.53. The molecule has 1 atom stereocenters. The highest BCUT2D eigenvalue weighted by atomic mass is 35.5. The number of hydrogen-bond acceptors (Lipinski definition) is 2. The normalized spacial score (nSPS) is 25.8. The number of rotatable bonds is 0. The SMILES string of the molecule is CC1=NC(=O)[C@H](Cl)C(=O)N1. The zero-order valence-corrected chi connectivity index (χ0v) is 5.97. The van der Waals surface area contributed by atoms with Crippen molar-refractivity contribution in [2.45, 2.75) is 12.3 Å². The quantitative estimate of drug-likeness (QED) is 0.390. The number of amidine groups is 1. The second kappa shape index (κ2) is 2.38. The van der Waals surface area contributed by atoms with Crippen molar-refractivity contribution in [1.82, 2.24) is 5.32 Å². The van der Waals surface area contributed by atoms with Gasteiger partial charge >= 0.3 is 0 Å². The Morgan fingerprint density at radius 2 is 2.20 bits per heavy atom. The average molecular weight is 161 g/mol. The fraction of sp³-hybridized carbons (Fsp3) is 0.400. The Morgan fingerprint density at radius 1 is 1.60 bits per heavy atom. The molecule has 0 fully saturated rings. The lowest BCUT2D eigenvalue weighted by Crippen LogP contribution is -2.43. The van der Waals surface area contributed by atoms with Gasteiger partial charge in [0.25, 0.3) is 11.8 Å². The Hall–Kier alpha value is -0.900. The maximum atomic E-state index is 10.7. The Morgan fingerprint density at radius 3 is 2.70 bits per heavy atom. The van der Waals surface area contributed by atoms with Crippen molar-refractivity contribution in [2.75, 3.05) is 0 Å². The molecule has 1 aliphatic rings. The van der Waals surface area contributed by atoms with Crippen molar-refractivity contribution in [2.24, 2.45) is 4.99 Å².